The SMILES string of the molecule is CCCCn1c(=O)c2ccccc2n1Cc1ccc(-c2ccccc2-c2nn[nH]n2)cc1. The number of para-hydroxylation sites is 1. The van der Waals surface area contributed by atoms with Gasteiger partial charge in [-0.05, 0) is 40.5 Å². The Kier molecular flexibility index (Phi) is 5.37. The fraction of sp³-hybridized carbons (Fsp3) is 0.200. The summed E-state index contributed by atoms with van der Waals surface area (Å²) in [5.74, 6) is 0.573. The van der Waals surface area contributed by atoms with Crippen molar-refractivity contribution in [3.05, 3.63) is 88.7 Å². The van der Waals surface area contributed by atoms with Gasteiger partial charge in [0, 0.05) is 12.1 Å². The highest BCUT2D eigenvalue weighted by Gasteiger charge is 2.14. The second kappa shape index (κ2) is 8.63. The highest BCUT2D eigenvalue weighted by molar-refractivity contribution is 5.80. The predicted octanol–water partition coefficient (Wildman–Crippen LogP) is 4.50. The van der Waals surface area contributed by atoms with Crippen LogP contribution in [0.3, 0.4) is 0 Å². The first-order valence-corrected chi connectivity index (χ1v) is 10.9. The number of nitrogens with one attached hydrogen (secondary N) is 1. The Morgan fingerprint density at radius 1 is 0.875 bits per heavy atom. The van der Waals surface area contributed by atoms with Crippen LogP contribution < -0.4 is 5.56 Å². The summed E-state index contributed by atoms with van der Waals surface area (Å²) >= 11 is 0. The molecule has 0 atom stereocenters. The molecular weight excluding hydrogens is 400 g/mol. The minimum atomic E-state index is 0.0831. The molecule has 5 aromatic rings. The zero-order valence-corrected chi connectivity index (χ0v) is 17.9. The molecule has 0 saturated carbocycles. The number of hydrogen-bond acceptors (Lipinski definition) is 4. The van der Waals surface area contributed by atoms with Crippen LogP contribution in [0, 0.1) is 0 Å². The van der Waals surface area contributed by atoms with Crippen molar-refractivity contribution >= 4 is 10.9 Å². The predicted molar refractivity (Wildman–Crippen MR) is 125 cm³/mol. The molecular formula is C25H24N6O. The second-order valence-electron chi connectivity index (χ2n) is 7.83. The van der Waals surface area contributed by atoms with E-state index < -0.39 is 0 Å². The van der Waals surface area contributed by atoms with Crippen LogP contribution in [0.5, 0.6) is 0 Å². The van der Waals surface area contributed by atoms with Crippen LogP contribution in [0.4, 0.5) is 0 Å². The molecule has 0 radical (unpaired) electrons. The molecule has 3 aromatic carbocycles. The Morgan fingerprint density at radius 3 is 2.38 bits per heavy atom. The summed E-state index contributed by atoms with van der Waals surface area (Å²) in [6.07, 6.45) is 2.02. The van der Waals surface area contributed by atoms with Gasteiger partial charge in [0.15, 0.2) is 0 Å². The molecule has 0 aliphatic rings. The largest absolute Gasteiger partial charge is 0.278 e. The Balaban J connectivity index is 1.50. The molecule has 0 aliphatic heterocycles. The molecule has 0 unspecified atom stereocenters. The number of H-pyrrole nitrogens is 1. The molecule has 2 heterocycles. The van der Waals surface area contributed by atoms with Gasteiger partial charge in [-0.2, -0.15) is 5.21 Å². The van der Waals surface area contributed by atoms with Gasteiger partial charge in [-0.1, -0.05) is 74.0 Å². The quantitative estimate of drug-likeness (QED) is 0.417. The molecule has 5 rings (SSSR count). The lowest BCUT2D eigenvalue weighted by molar-refractivity contribution is 0.463. The summed E-state index contributed by atoms with van der Waals surface area (Å²) < 4.78 is 3.99. The molecule has 0 amide bonds. The van der Waals surface area contributed by atoms with E-state index in [4.69, 9.17) is 0 Å². The van der Waals surface area contributed by atoms with Crippen molar-refractivity contribution in [3.8, 4) is 22.5 Å². The van der Waals surface area contributed by atoms with Crippen molar-refractivity contribution in [2.75, 3.05) is 0 Å². The second-order valence-corrected chi connectivity index (χ2v) is 7.83. The van der Waals surface area contributed by atoms with Crippen molar-refractivity contribution in [1.29, 1.82) is 0 Å². The van der Waals surface area contributed by atoms with Gasteiger partial charge in [0.1, 0.15) is 0 Å². The molecule has 2 aromatic heterocycles. The third kappa shape index (κ3) is 3.62. The lowest BCUT2D eigenvalue weighted by Gasteiger charge is -2.13. The van der Waals surface area contributed by atoms with Gasteiger partial charge >= 0.3 is 0 Å². The average molecular weight is 425 g/mol. The molecule has 160 valence electrons. The van der Waals surface area contributed by atoms with Gasteiger partial charge in [0.2, 0.25) is 5.82 Å². The average Bonchev–Trinajstić information content (AvgIpc) is 3.46. The Labute approximate surface area is 185 Å². The van der Waals surface area contributed by atoms with E-state index in [1.165, 1.54) is 0 Å². The number of rotatable bonds is 7. The van der Waals surface area contributed by atoms with Crippen molar-refractivity contribution in [2.24, 2.45) is 0 Å². The van der Waals surface area contributed by atoms with Crippen LogP contribution >= 0.6 is 0 Å². The van der Waals surface area contributed by atoms with Gasteiger partial charge in [-0.15, -0.1) is 10.2 Å². The Bertz CT molecular complexity index is 1400. The number of unbranched alkanes of at least 4 members (excludes halogenated alkanes) is 1. The first kappa shape index (κ1) is 19.9. The van der Waals surface area contributed by atoms with Crippen LogP contribution in [0.1, 0.15) is 25.3 Å². The van der Waals surface area contributed by atoms with E-state index in [-0.39, 0.29) is 5.56 Å². The van der Waals surface area contributed by atoms with Gasteiger partial charge < -0.3 is 0 Å². The van der Waals surface area contributed by atoms with Crippen LogP contribution in [-0.2, 0) is 13.1 Å². The van der Waals surface area contributed by atoms with Crippen LogP contribution in [0.25, 0.3) is 33.4 Å². The number of aromatic amines is 1. The summed E-state index contributed by atoms with van der Waals surface area (Å²) in [5, 5.41) is 15.2. The van der Waals surface area contributed by atoms with Crippen LogP contribution in [-0.4, -0.2) is 30.0 Å². The number of benzene rings is 3. The Hall–Kier alpha value is -4.00. The van der Waals surface area contributed by atoms with Gasteiger partial charge in [0.25, 0.3) is 5.56 Å². The van der Waals surface area contributed by atoms with E-state index in [2.05, 4.69) is 62.6 Å². The minimum Gasteiger partial charge on any atom is -0.278 e. The summed E-state index contributed by atoms with van der Waals surface area (Å²) in [5.41, 5.74) is 5.25. The molecule has 0 bridgehead atoms. The molecule has 0 aliphatic carbocycles. The van der Waals surface area contributed by atoms with Gasteiger partial charge in [-0.25, -0.2) is 4.68 Å². The van der Waals surface area contributed by atoms with E-state index in [1.807, 2.05) is 47.1 Å². The van der Waals surface area contributed by atoms with E-state index >= 15 is 0 Å². The first-order chi connectivity index (χ1) is 15.8. The summed E-state index contributed by atoms with van der Waals surface area (Å²) in [6.45, 7) is 3.50. The lowest BCUT2D eigenvalue weighted by Crippen LogP contribution is -2.23. The third-order valence-corrected chi connectivity index (χ3v) is 5.77. The zero-order valence-electron chi connectivity index (χ0n) is 17.9. The van der Waals surface area contributed by atoms with Crippen molar-refractivity contribution < 1.29 is 0 Å². The number of aromatic nitrogens is 6. The van der Waals surface area contributed by atoms with Crippen LogP contribution in [0.2, 0.25) is 0 Å². The molecule has 0 fully saturated rings. The number of nitrogens with zero attached hydrogens (tertiary/aromatic N) is 5. The molecule has 7 nitrogen and oxygen atoms in total. The third-order valence-electron chi connectivity index (χ3n) is 5.77. The highest BCUT2D eigenvalue weighted by atomic mass is 16.1. The minimum absolute atomic E-state index is 0.0831. The number of tetrazole rings is 1. The topological polar surface area (TPSA) is 81.4 Å². The van der Waals surface area contributed by atoms with Gasteiger partial charge in [0.05, 0.1) is 17.4 Å². The monoisotopic (exact) mass is 424 g/mol. The molecule has 0 saturated heterocycles. The van der Waals surface area contributed by atoms with Crippen molar-refractivity contribution in [3.63, 3.8) is 0 Å². The number of hydrogen-bond donors (Lipinski definition) is 1. The normalized spacial score (nSPS) is 11.3. The maximum Gasteiger partial charge on any atom is 0.274 e. The summed E-state index contributed by atoms with van der Waals surface area (Å²) in [6, 6.07) is 24.3. The zero-order chi connectivity index (χ0) is 21.9. The summed E-state index contributed by atoms with van der Waals surface area (Å²) in [4.78, 5) is 13.0. The lowest BCUT2D eigenvalue weighted by atomic mass is 9.98. The first-order valence-electron chi connectivity index (χ1n) is 10.9. The fourth-order valence-electron chi connectivity index (χ4n) is 4.13. The summed E-state index contributed by atoms with van der Waals surface area (Å²) in [7, 11) is 0. The van der Waals surface area contributed by atoms with Crippen LogP contribution in [0.15, 0.2) is 77.6 Å². The number of fused-ring (bicyclic) bond motifs is 1. The molecule has 0 spiro atoms. The van der Waals surface area contributed by atoms with E-state index in [1.54, 1.807) is 0 Å². The smallest absolute Gasteiger partial charge is 0.274 e. The molecule has 1 N–H and O–H groups in total. The maximum absolute atomic E-state index is 13.0. The molecule has 32 heavy (non-hydrogen) atoms. The van der Waals surface area contributed by atoms with E-state index in [0.29, 0.717) is 12.4 Å². The van der Waals surface area contributed by atoms with Gasteiger partial charge in [-0.3, -0.25) is 9.48 Å². The van der Waals surface area contributed by atoms with E-state index in [9.17, 15) is 4.79 Å². The van der Waals surface area contributed by atoms with Crippen molar-refractivity contribution in [1.82, 2.24) is 30.0 Å². The maximum atomic E-state index is 13.0. The molecule has 7 heteroatoms. The fourth-order valence-corrected chi connectivity index (χ4v) is 4.13. The standard InChI is InChI=1S/C25H24N6O/c1-2-3-16-30-25(32)22-10-6-7-11-23(22)31(30)17-18-12-14-19(15-13-18)20-8-4-5-9-21(20)24-26-28-29-27-24/h4-15H,2-3,16-17H2,1H3,(H,26,27,28,29). The van der Waals surface area contributed by atoms with Crippen molar-refractivity contribution in [2.45, 2.75) is 32.9 Å². The Morgan fingerprint density at radius 2 is 1.62 bits per heavy atom. The van der Waals surface area contributed by atoms with E-state index in [0.717, 1.165) is 52.5 Å². The highest BCUT2D eigenvalue weighted by Crippen LogP contribution is 2.30.